The number of fused-ring (bicyclic) bond motifs is 1. The fraction of sp³-hybridized carbons (Fsp3) is 0.0476. The Hall–Kier alpha value is -3.80. The van der Waals surface area contributed by atoms with Gasteiger partial charge in [0.1, 0.15) is 5.82 Å². The fourth-order valence-corrected chi connectivity index (χ4v) is 2.70. The summed E-state index contributed by atoms with van der Waals surface area (Å²) < 4.78 is 5.14. The van der Waals surface area contributed by atoms with E-state index in [1.165, 1.54) is 12.4 Å². The van der Waals surface area contributed by atoms with Gasteiger partial charge < -0.3 is 9.72 Å². The van der Waals surface area contributed by atoms with E-state index >= 15 is 0 Å². The maximum atomic E-state index is 12.3. The standard InChI is InChI=1S/C21H15N3O3/c25-19(14-8-10-22-11-9-14)13-27-21(26)16-6-7-17-18(12-16)24-20(23-17)15-4-2-1-3-5-15/h1-12H,13H2,(H,23,24). The monoisotopic (exact) mass is 357 g/mol. The zero-order chi connectivity index (χ0) is 18.6. The largest absolute Gasteiger partial charge is 0.454 e. The molecule has 2 heterocycles. The molecule has 0 aliphatic heterocycles. The minimum absolute atomic E-state index is 0.278. The molecule has 0 bridgehead atoms. The molecule has 27 heavy (non-hydrogen) atoms. The van der Waals surface area contributed by atoms with Crippen LogP contribution in [0.4, 0.5) is 0 Å². The van der Waals surface area contributed by atoms with Crippen LogP contribution in [-0.4, -0.2) is 33.3 Å². The fourth-order valence-electron chi connectivity index (χ4n) is 2.70. The van der Waals surface area contributed by atoms with Crippen LogP contribution in [0, 0.1) is 0 Å². The second-order valence-electron chi connectivity index (χ2n) is 5.92. The van der Waals surface area contributed by atoms with Gasteiger partial charge in [0.15, 0.2) is 12.4 Å². The Labute approximate surface area is 154 Å². The summed E-state index contributed by atoms with van der Waals surface area (Å²) in [5.41, 5.74) is 3.24. The summed E-state index contributed by atoms with van der Waals surface area (Å²) in [6.45, 7) is -0.320. The number of hydrogen-bond donors (Lipinski definition) is 1. The summed E-state index contributed by atoms with van der Waals surface area (Å²) in [7, 11) is 0. The number of pyridine rings is 1. The van der Waals surface area contributed by atoms with Crippen LogP contribution in [0.5, 0.6) is 0 Å². The quantitative estimate of drug-likeness (QED) is 0.435. The number of aromatic amines is 1. The van der Waals surface area contributed by atoms with Crippen molar-refractivity contribution in [3.63, 3.8) is 0 Å². The van der Waals surface area contributed by atoms with Crippen LogP contribution in [0.15, 0.2) is 73.1 Å². The van der Waals surface area contributed by atoms with E-state index in [2.05, 4.69) is 15.0 Å². The van der Waals surface area contributed by atoms with Crippen LogP contribution < -0.4 is 0 Å². The van der Waals surface area contributed by atoms with Gasteiger partial charge in [-0.25, -0.2) is 9.78 Å². The van der Waals surface area contributed by atoms with Gasteiger partial charge in [0, 0.05) is 23.5 Å². The molecule has 2 aromatic heterocycles. The number of Topliss-reactive ketones (excluding diaryl/α,β-unsaturated/α-hetero) is 1. The molecular weight excluding hydrogens is 342 g/mol. The molecule has 0 fully saturated rings. The Morgan fingerprint density at radius 1 is 0.926 bits per heavy atom. The maximum absolute atomic E-state index is 12.3. The summed E-state index contributed by atoms with van der Waals surface area (Å²) in [6, 6.07) is 17.9. The lowest BCUT2D eigenvalue weighted by atomic mass is 10.2. The second kappa shape index (κ2) is 7.21. The van der Waals surface area contributed by atoms with Gasteiger partial charge in [0.2, 0.25) is 0 Å². The highest BCUT2D eigenvalue weighted by Crippen LogP contribution is 2.21. The highest BCUT2D eigenvalue weighted by atomic mass is 16.5. The Balaban J connectivity index is 1.50. The van der Waals surface area contributed by atoms with Crippen molar-refractivity contribution in [1.82, 2.24) is 15.0 Å². The van der Waals surface area contributed by atoms with Gasteiger partial charge in [-0.3, -0.25) is 9.78 Å². The molecule has 0 aliphatic rings. The van der Waals surface area contributed by atoms with Crippen LogP contribution in [0.1, 0.15) is 20.7 Å². The number of imidazole rings is 1. The van der Waals surface area contributed by atoms with Crippen molar-refractivity contribution in [2.75, 3.05) is 6.61 Å². The van der Waals surface area contributed by atoms with Crippen LogP contribution in [0.2, 0.25) is 0 Å². The van der Waals surface area contributed by atoms with Gasteiger partial charge in [-0.2, -0.15) is 0 Å². The number of rotatable bonds is 5. The number of ether oxygens (including phenoxy) is 1. The molecule has 1 N–H and O–H groups in total. The number of H-pyrrole nitrogens is 1. The first kappa shape index (κ1) is 16.7. The third-order valence-electron chi connectivity index (χ3n) is 4.10. The smallest absolute Gasteiger partial charge is 0.338 e. The highest BCUT2D eigenvalue weighted by Gasteiger charge is 2.13. The molecule has 4 rings (SSSR count). The summed E-state index contributed by atoms with van der Waals surface area (Å²) in [6.07, 6.45) is 3.04. The average molecular weight is 357 g/mol. The molecule has 0 radical (unpaired) electrons. The van der Waals surface area contributed by atoms with E-state index in [0.29, 0.717) is 11.1 Å². The van der Waals surface area contributed by atoms with Crippen LogP contribution in [-0.2, 0) is 4.74 Å². The van der Waals surface area contributed by atoms with E-state index in [-0.39, 0.29) is 12.4 Å². The normalized spacial score (nSPS) is 10.7. The van der Waals surface area contributed by atoms with Gasteiger partial charge in [0.25, 0.3) is 0 Å². The molecule has 0 amide bonds. The zero-order valence-electron chi connectivity index (χ0n) is 14.3. The van der Waals surface area contributed by atoms with Crippen molar-refractivity contribution in [3.05, 3.63) is 84.2 Å². The third kappa shape index (κ3) is 3.59. The average Bonchev–Trinajstić information content (AvgIpc) is 3.16. The van der Waals surface area contributed by atoms with Crippen LogP contribution in [0.3, 0.4) is 0 Å². The number of carbonyl (C=O) groups is 2. The summed E-state index contributed by atoms with van der Waals surface area (Å²) in [5.74, 6) is -0.112. The van der Waals surface area contributed by atoms with Crippen molar-refractivity contribution >= 4 is 22.8 Å². The van der Waals surface area contributed by atoms with Crippen molar-refractivity contribution in [3.8, 4) is 11.4 Å². The Morgan fingerprint density at radius 2 is 1.70 bits per heavy atom. The van der Waals surface area contributed by atoms with Gasteiger partial charge in [-0.05, 0) is 30.3 Å². The molecular formula is C21H15N3O3. The van der Waals surface area contributed by atoms with Gasteiger partial charge >= 0.3 is 5.97 Å². The topological polar surface area (TPSA) is 84.9 Å². The highest BCUT2D eigenvalue weighted by molar-refractivity contribution is 6.00. The van der Waals surface area contributed by atoms with E-state index in [9.17, 15) is 9.59 Å². The summed E-state index contributed by atoms with van der Waals surface area (Å²) in [4.78, 5) is 35.9. The Bertz CT molecular complexity index is 1110. The van der Waals surface area contributed by atoms with E-state index < -0.39 is 5.97 Å². The van der Waals surface area contributed by atoms with Crippen LogP contribution in [0.25, 0.3) is 22.4 Å². The molecule has 0 spiro atoms. The molecule has 0 atom stereocenters. The molecule has 0 unspecified atom stereocenters. The number of esters is 1. The lowest BCUT2D eigenvalue weighted by molar-refractivity contribution is 0.0475. The van der Waals surface area contributed by atoms with Crippen molar-refractivity contribution in [2.45, 2.75) is 0 Å². The molecule has 132 valence electrons. The molecule has 0 saturated heterocycles. The number of nitrogens with one attached hydrogen (secondary N) is 1. The van der Waals surface area contributed by atoms with Crippen LogP contribution >= 0.6 is 0 Å². The SMILES string of the molecule is O=C(COC(=O)c1ccc2nc(-c3ccccc3)[nH]c2c1)c1ccncc1. The first-order valence-corrected chi connectivity index (χ1v) is 8.36. The van der Waals surface area contributed by atoms with Crippen molar-refractivity contribution in [1.29, 1.82) is 0 Å². The molecule has 4 aromatic rings. The van der Waals surface area contributed by atoms with E-state index in [1.54, 1.807) is 30.3 Å². The number of hydrogen-bond acceptors (Lipinski definition) is 5. The molecule has 0 saturated carbocycles. The minimum Gasteiger partial charge on any atom is -0.454 e. The molecule has 6 nitrogen and oxygen atoms in total. The molecule has 2 aromatic carbocycles. The predicted octanol–water partition coefficient (Wildman–Crippen LogP) is 3.66. The predicted molar refractivity (Wildman–Crippen MR) is 100 cm³/mol. The summed E-state index contributed by atoms with van der Waals surface area (Å²) in [5, 5.41) is 0. The maximum Gasteiger partial charge on any atom is 0.338 e. The number of nitrogens with zero attached hydrogens (tertiary/aromatic N) is 2. The lowest BCUT2D eigenvalue weighted by Gasteiger charge is -2.04. The number of benzene rings is 2. The lowest BCUT2D eigenvalue weighted by Crippen LogP contribution is -2.14. The Kier molecular flexibility index (Phi) is 4.45. The minimum atomic E-state index is -0.560. The van der Waals surface area contributed by atoms with Gasteiger partial charge in [0.05, 0.1) is 16.6 Å². The zero-order valence-corrected chi connectivity index (χ0v) is 14.3. The number of carbonyl (C=O) groups excluding carboxylic acids is 2. The third-order valence-corrected chi connectivity index (χ3v) is 4.10. The molecule has 0 aliphatic carbocycles. The molecule has 6 heteroatoms. The second-order valence-corrected chi connectivity index (χ2v) is 5.92. The van der Waals surface area contributed by atoms with Gasteiger partial charge in [-0.1, -0.05) is 30.3 Å². The first-order chi connectivity index (χ1) is 13.2. The van der Waals surface area contributed by atoms with Crippen molar-refractivity contribution in [2.24, 2.45) is 0 Å². The Morgan fingerprint density at radius 3 is 2.48 bits per heavy atom. The number of aromatic nitrogens is 3. The van der Waals surface area contributed by atoms with Crippen molar-refractivity contribution < 1.29 is 14.3 Å². The first-order valence-electron chi connectivity index (χ1n) is 8.36. The number of ketones is 1. The summed E-state index contributed by atoms with van der Waals surface area (Å²) >= 11 is 0. The van der Waals surface area contributed by atoms with Gasteiger partial charge in [-0.15, -0.1) is 0 Å². The van der Waals surface area contributed by atoms with E-state index in [0.717, 1.165) is 22.4 Å². The van der Waals surface area contributed by atoms with E-state index in [1.807, 2.05) is 30.3 Å². The van der Waals surface area contributed by atoms with E-state index in [4.69, 9.17) is 4.74 Å².